The van der Waals surface area contributed by atoms with Gasteiger partial charge in [-0.1, -0.05) is 35.9 Å². The highest BCUT2D eigenvalue weighted by Gasteiger charge is 2.33. The zero-order valence-corrected chi connectivity index (χ0v) is 13.4. The van der Waals surface area contributed by atoms with Crippen LogP contribution in [-0.4, -0.2) is 21.8 Å². The minimum Gasteiger partial charge on any atom is -0.361 e. The van der Waals surface area contributed by atoms with E-state index >= 15 is 0 Å². The van der Waals surface area contributed by atoms with E-state index in [-0.39, 0.29) is 5.91 Å². The molecule has 23 heavy (non-hydrogen) atoms. The summed E-state index contributed by atoms with van der Waals surface area (Å²) in [4.78, 5) is 18.1. The number of carbonyl (C=O) groups excluding carboxylic acids is 1. The number of nitrogens with one attached hydrogen (secondary N) is 1. The van der Waals surface area contributed by atoms with Gasteiger partial charge in [0.15, 0.2) is 0 Å². The Labute approximate surface area is 139 Å². The molecule has 4 heteroatoms. The number of H-pyrrole nitrogens is 1. The lowest BCUT2D eigenvalue weighted by Crippen LogP contribution is -2.32. The highest BCUT2D eigenvalue weighted by atomic mass is 35.5. The van der Waals surface area contributed by atoms with E-state index in [1.165, 1.54) is 5.39 Å². The first-order valence-electron chi connectivity index (χ1n) is 7.84. The number of aromatic nitrogens is 1. The smallest absolute Gasteiger partial charge is 0.255 e. The molecule has 1 aliphatic carbocycles. The van der Waals surface area contributed by atoms with E-state index in [9.17, 15) is 4.79 Å². The summed E-state index contributed by atoms with van der Waals surface area (Å²) in [5, 5.41) is 1.69. The summed E-state index contributed by atoms with van der Waals surface area (Å²) in [5.41, 5.74) is 2.85. The van der Waals surface area contributed by atoms with Gasteiger partial charge in [-0.15, -0.1) is 0 Å². The van der Waals surface area contributed by atoms with Gasteiger partial charge in [-0.2, -0.15) is 0 Å². The molecule has 0 aliphatic heterocycles. The molecule has 3 nitrogen and oxygen atoms in total. The van der Waals surface area contributed by atoms with Crippen LogP contribution in [0.2, 0.25) is 5.02 Å². The molecule has 116 valence electrons. The Morgan fingerprint density at radius 3 is 2.74 bits per heavy atom. The monoisotopic (exact) mass is 324 g/mol. The minimum absolute atomic E-state index is 0.0191. The van der Waals surface area contributed by atoms with E-state index < -0.39 is 0 Å². The maximum atomic E-state index is 13.0. The van der Waals surface area contributed by atoms with Crippen molar-refractivity contribution in [1.29, 1.82) is 0 Å². The molecule has 3 aromatic rings. The van der Waals surface area contributed by atoms with Crippen molar-refractivity contribution in [3.8, 4) is 0 Å². The van der Waals surface area contributed by atoms with E-state index in [2.05, 4.69) is 23.2 Å². The van der Waals surface area contributed by atoms with Crippen LogP contribution in [0.25, 0.3) is 10.9 Å². The number of hydrogen-bond donors (Lipinski definition) is 1. The van der Waals surface area contributed by atoms with Crippen LogP contribution in [0.5, 0.6) is 0 Å². The molecule has 0 radical (unpaired) electrons. The van der Waals surface area contributed by atoms with Gasteiger partial charge in [-0.3, -0.25) is 4.79 Å². The standard InChI is InChI=1S/C19H17ClN2O/c20-17-6-2-1-5-16(17)19(23)22(14-8-9-14)12-13-4-3-7-18-15(13)10-11-21-18/h1-7,10-11,14,21H,8-9,12H2. The number of halogens is 1. The van der Waals surface area contributed by atoms with Crippen LogP contribution in [0.15, 0.2) is 54.7 Å². The van der Waals surface area contributed by atoms with Gasteiger partial charge >= 0.3 is 0 Å². The van der Waals surface area contributed by atoms with Gasteiger partial charge in [0.25, 0.3) is 5.91 Å². The number of amides is 1. The van der Waals surface area contributed by atoms with E-state index in [0.717, 1.165) is 23.9 Å². The molecule has 1 aliphatic rings. The molecule has 1 N–H and O–H groups in total. The molecule has 4 rings (SSSR count). The van der Waals surface area contributed by atoms with Gasteiger partial charge in [0.2, 0.25) is 0 Å². The van der Waals surface area contributed by atoms with Gasteiger partial charge in [0.1, 0.15) is 0 Å². The molecule has 1 fully saturated rings. The second kappa shape index (κ2) is 5.74. The SMILES string of the molecule is O=C(c1ccccc1Cl)N(Cc1cccc2[nH]ccc12)C1CC1. The largest absolute Gasteiger partial charge is 0.361 e. The first kappa shape index (κ1) is 14.3. The fourth-order valence-electron chi connectivity index (χ4n) is 3.01. The molecule has 0 spiro atoms. The average molecular weight is 325 g/mol. The molecule has 2 aromatic carbocycles. The summed E-state index contributed by atoms with van der Waals surface area (Å²) >= 11 is 6.22. The van der Waals surface area contributed by atoms with Crippen LogP contribution in [-0.2, 0) is 6.54 Å². The molecule has 1 amide bonds. The van der Waals surface area contributed by atoms with E-state index in [1.54, 1.807) is 12.1 Å². The summed E-state index contributed by atoms with van der Waals surface area (Å²) in [6.07, 6.45) is 4.07. The lowest BCUT2D eigenvalue weighted by molar-refractivity contribution is 0.0731. The topological polar surface area (TPSA) is 36.1 Å². The number of hydrogen-bond acceptors (Lipinski definition) is 1. The number of aromatic amines is 1. The van der Waals surface area contributed by atoms with Crippen molar-refractivity contribution in [2.45, 2.75) is 25.4 Å². The first-order chi connectivity index (χ1) is 11.2. The molecule has 1 saturated carbocycles. The van der Waals surface area contributed by atoms with Crippen LogP contribution in [0.3, 0.4) is 0 Å². The fraction of sp³-hybridized carbons (Fsp3) is 0.211. The highest BCUT2D eigenvalue weighted by molar-refractivity contribution is 6.33. The van der Waals surface area contributed by atoms with E-state index in [0.29, 0.717) is 23.2 Å². The van der Waals surface area contributed by atoms with Gasteiger partial charge in [0, 0.05) is 29.7 Å². The van der Waals surface area contributed by atoms with Gasteiger partial charge in [0.05, 0.1) is 10.6 Å². The second-order valence-electron chi connectivity index (χ2n) is 6.00. The number of carbonyl (C=O) groups is 1. The molecule has 0 unspecified atom stereocenters. The van der Waals surface area contributed by atoms with Crippen molar-refractivity contribution in [2.75, 3.05) is 0 Å². The van der Waals surface area contributed by atoms with Crippen molar-refractivity contribution in [2.24, 2.45) is 0 Å². The zero-order valence-electron chi connectivity index (χ0n) is 12.6. The third-order valence-electron chi connectivity index (χ3n) is 4.38. The maximum absolute atomic E-state index is 13.0. The normalized spacial score (nSPS) is 14.1. The summed E-state index contributed by atoms with van der Waals surface area (Å²) in [6, 6.07) is 15.8. The van der Waals surface area contributed by atoms with Gasteiger partial charge < -0.3 is 9.88 Å². The lowest BCUT2D eigenvalue weighted by atomic mass is 10.1. The Bertz CT molecular complexity index is 866. The number of nitrogens with zero attached hydrogens (tertiary/aromatic N) is 1. The van der Waals surface area contributed by atoms with Crippen LogP contribution < -0.4 is 0 Å². The minimum atomic E-state index is 0.0191. The number of rotatable bonds is 4. The predicted octanol–water partition coefficient (Wildman–Crippen LogP) is 4.63. The van der Waals surface area contributed by atoms with Gasteiger partial charge in [-0.05, 0) is 42.7 Å². The van der Waals surface area contributed by atoms with E-state index in [4.69, 9.17) is 11.6 Å². The quantitative estimate of drug-likeness (QED) is 0.746. The van der Waals surface area contributed by atoms with Crippen molar-refractivity contribution in [3.05, 3.63) is 70.9 Å². The van der Waals surface area contributed by atoms with Crippen LogP contribution in [0.4, 0.5) is 0 Å². The summed E-state index contributed by atoms with van der Waals surface area (Å²) in [5.74, 6) is 0.0191. The van der Waals surface area contributed by atoms with Gasteiger partial charge in [-0.25, -0.2) is 0 Å². The molecule has 1 aromatic heterocycles. The lowest BCUT2D eigenvalue weighted by Gasteiger charge is -2.23. The Balaban J connectivity index is 1.68. The third-order valence-corrected chi connectivity index (χ3v) is 4.71. The molecule has 0 atom stereocenters. The van der Waals surface area contributed by atoms with Crippen LogP contribution >= 0.6 is 11.6 Å². The maximum Gasteiger partial charge on any atom is 0.255 e. The highest BCUT2D eigenvalue weighted by Crippen LogP contribution is 2.32. The molecule has 1 heterocycles. The second-order valence-corrected chi connectivity index (χ2v) is 6.41. The molecule has 0 saturated heterocycles. The van der Waals surface area contributed by atoms with E-state index in [1.807, 2.05) is 29.3 Å². The van der Waals surface area contributed by atoms with Crippen molar-refractivity contribution < 1.29 is 4.79 Å². The first-order valence-corrected chi connectivity index (χ1v) is 8.22. The third kappa shape index (κ3) is 2.73. The Morgan fingerprint density at radius 1 is 1.13 bits per heavy atom. The van der Waals surface area contributed by atoms with Crippen molar-refractivity contribution >= 4 is 28.4 Å². The number of benzene rings is 2. The van der Waals surface area contributed by atoms with Crippen LogP contribution in [0, 0.1) is 0 Å². The van der Waals surface area contributed by atoms with Crippen molar-refractivity contribution in [1.82, 2.24) is 9.88 Å². The molecular formula is C19H17ClN2O. The average Bonchev–Trinajstić information content (AvgIpc) is 3.28. The Hall–Kier alpha value is -2.26. The van der Waals surface area contributed by atoms with Crippen LogP contribution in [0.1, 0.15) is 28.8 Å². The summed E-state index contributed by atoms with van der Waals surface area (Å²) in [7, 11) is 0. The molecular weight excluding hydrogens is 308 g/mol. The zero-order chi connectivity index (χ0) is 15.8. The summed E-state index contributed by atoms with van der Waals surface area (Å²) in [6.45, 7) is 0.615. The summed E-state index contributed by atoms with van der Waals surface area (Å²) < 4.78 is 0. The predicted molar refractivity (Wildman–Crippen MR) is 92.6 cm³/mol. The number of fused-ring (bicyclic) bond motifs is 1. The fourth-order valence-corrected chi connectivity index (χ4v) is 3.23. The Kier molecular flexibility index (Phi) is 3.58. The Morgan fingerprint density at radius 2 is 1.96 bits per heavy atom. The molecule has 0 bridgehead atoms. The van der Waals surface area contributed by atoms with Crippen molar-refractivity contribution in [3.63, 3.8) is 0 Å².